The van der Waals surface area contributed by atoms with Gasteiger partial charge in [0.05, 0.1) is 6.04 Å². The third kappa shape index (κ3) is 2.16. The van der Waals surface area contributed by atoms with Crippen LogP contribution in [0.15, 0.2) is 22.7 Å². The molecule has 0 saturated heterocycles. The highest BCUT2D eigenvalue weighted by Crippen LogP contribution is 2.32. The number of nitrogen functional groups attached to an aromatic ring is 1. The average Bonchev–Trinajstić information content (AvgIpc) is 2.96. The molecular weight excluding hydrogens is 244 g/mol. The van der Waals surface area contributed by atoms with Crippen molar-refractivity contribution in [3.8, 4) is 0 Å². The van der Waals surface area contributed by atoms with Gasteiger partial charge >= 0.3 is 0 Å². The standard InChI is InChI=1S/C13H14N4O2/c1-7-15-12(17-19-7)13(18)16-11-5-2-8-6-9(14)3-4-10(8)11/h3-4,6,11H,2,5,14H2,1H3,(H,16,18). The lowest BCUT2D eigenvalue weighted by Crippen LogP contribution is -2.28. The zero-order chi connectivity index (χ0) is 13.4. The van der Waals surface area contributed by atoms with E-state index >= 15 is 0 Å². The molecule has 1 heterocycles. The second kappa shape index (κ2) is 4.38. The predicted octanol–water partition coefficient (Wildman–Crippen LogP) is 1.38. The summed E-state index contributed by atoms with van der Waals surface area (Å²) in [6, 6.07) is 5.76. The number of nitrogens with one attached hydrogen (secondary N) is 1. The first-order valence-electron chi connectivity index (χ1n) is 6.13. The van der Waals surface area contributed by atoms with Gasteiger partial charge in [0.25, 0.3) is 11.7 Å². The molecule has 1 aromatic carbocycles. The van der Waals surface area contributed by atoms with Gasteiger partial charge in [-0.05, 0) is 36.1 Å². The third-order valence-corrected chi connectivity index (χ3v) is 3.28. The molecule has 0 fully saturated rings. The zero-order valence-electron chi connectivity index (χ0n) is 10.5. The number of fused-ring (bicyclic) bond motifs is 1. The quantitative estimate of drug-likeness (QED) is 0.793. The fraction of sp³-hybridized carbons (Fsp3) is 0.308. The minimum atomic E-state index is -0.313. The van der Waals surface area contributed by atoms with E-state index in [1.807, 2.05) is 18.2 Å². The SMILES string of the molecule is Cc1nc(C(=O)NC2CCc3cc(N)ccc32)no1. The smallest absolute Gasteiger partial charge is 0.293 e. The number of benzene rings is 1. The summed E-state index contributed by atoms with van der Waals surface area (Å²) in [7, 11) is 0. The van der Waals surface area contributed by atoms with Crippen LogP contribution in [0, 0.1) is 6.92 Å². The Labute approximate surface area is 110 Å². The summed E-state index contributed by atoms with van der Waals surface area (Å²) < 4.78 is 4.80. The number of rotatable bonds is 2. The summed E-state index contributed by atoms with van der Waals surface area (Å²) in [5, 5.41) is 6.53. The minimum absolute atomic E-state index is 0.0121. The van der Waals surface area contributed by atoms with Gasteiger partial charge in [0.15, 0.2) is 0 Å². The van der Waals surface area contributed by atoms with E-state index in [0.29, 0.717) is 5.89 Å². The van der Waals surface area contributed by atoms with Crippen LogP contribution in [0.3, 0.4) is 0 Å². The van der Waals surface area contributed by atoms with Crippen LogP contribution >= 0.6 is 0 Å². The molecule has 3 N–H and O–H groups in total. The molecule has 1 amide bonds. The van der Waals surface area contributed by atoms with Crippen molar-refractivity contribution in [2.75, 3.05) is 5.73 Å². The van der Waals surface area contributed by atoms with Crippen LogP contribution in [0.5, 0.6) is 0 Å². The monoisotopic (exact) mass is 258 g/mol. The number of carbonyl (C=O) groups excluding carboxylic acids is 1. The van der Waals surface area contributed by atoms with Crippen molar-refractivity contribution in [1.29, 1.82) is 0 Å². The molecule has 0 bridgehead atoms. The summed E-state index contributed by atoms with van der Waals surface area (Å²) >= 11 is 0. The molecule has 1 aromatic heterocycles. The Balaban J connectivity index is 1.78. The van der Waals surface area contributed by atoms with Gasteiger partial charge in [-0.15, -0.1) is 0 Å². The Morgan fingerprint density at radius 1 is 1.53 bits per heavy atom. The van der Waals surface area contributed by atoms with Crippen molar-refractivity contribution < 1.29 is 9.32 Å². The topological polar surface area (TPSA) is 94.0 Å². The summed E-state index contributed by atoms with van der Waals surface area (Å²) in [6.07, 6.45) is 1.78. The van der Waals surface area contributed by atoms with E-state index in [0.717, 1.165) is 24.1 Å². The number of hydrogen-bond acceptors (Lipinski definition) is 5. The second-order valence-corrected chi connectivity index (χ2v) is 4.66. The molecule has 19 heavy (non-hydrogen) atoms. The number of hydrogen-bond donors (Lipinski definition) is 2. The van der Waals surface area contributed by atoms with E-state index < -0.39 is 0 Å². The lowest BCUT2D eigenvalue weighted by atomic mass is 10.1. The Kier molecular flexibility index (Phi) is 2.70. The number of anilines is 1. The highest BCUT2D eigenvalue weighted by Gasteiger charge is 2.25. The summed E-state index contributed by atoms with van der Waals surface area (Å²) in [5.74, 6) is 0.137. The van der Waals surface area contributed by atoms with Gasteiger partial charge in [0.2, 0.25) is 5.89 Å². The number of aromatic nitrogens is 2. The average molecular weight is 258 g/mol. The molecule has 6 nitrogen and oxygen atoms in total. The first-order valence-corrected chi connectivity index (χ1v) is 6.13. The molecule has 2 aromatic rings. The summed E-state index contributed by atoms with van der Waals surface area (Å²) in [6.45, 7) is 1.65. The fourth-order valence-electron chi connectivity index (χ4n) is 2.40. The van der Waals surface area contributed by atoms with Gasteiger partial charge in [-0.3, -0.25) is 4.79 Å². The fourth-order valence-corrected chi connectivity index (χ4v) is 2.40. The van der Waals surface area contributed by atoms with E-state index in [1.165, 1.54) is 5.56 Å². The molecule has 1 atom stereocenters. The van der Waals surface area contributed by atoms with Gasteiger partial charge in [-0.25, -0.2) is 0 Å². The van der Waals surface area contributed by atoms with Crippen molar-refractivity contribution in [1.82, 2.24) is 15.5 Å². The van der Waals surface area contributed by atoms with Crippen molar-refractivity contribution in [2.45, 2.75) is 25.8 Å². The second-order valence-electron chi connectivity index (χ2n) is 4.66. The molecule has 0 radical (unpaired) electrons. The maximum atomic E-state index is 12.0. The van der Waals surface area contributed by atoms with E-state index in [4.69, 9.17) is 10.3 Å². The van der Waals surface area contributed by atoms with E-state index in [2.05, 4.69) is 15.5 Å². The highest BCUT2D eigenvalue weighted by molar-refractivity contribution is 5.90. The van der Waals surface area contributed by atoms with Crippen LogP contribution in [-0.4, -0.2) is 16.0 Å². The number of nitrogens with two attached hydrogens (primary N) is 1. The van der Waals surface area contributed by atoms with E-state index in [-0.39, 0.29) is 17.8 Å². The Bertz CT molecular complexity index is 635. The van der Waals surface area contributed by atoms with Crippen LogP contribution in [0.2, 0.25) is 0 Å². The molecule has 0 spiro atoms. The van der Waals surface area contributed by atoms with Crippen LogP contribution in [-0.2, 0) is 6.42 Å². The van der Waals surface area contributed by atoms with Crippen LogP contribution < -0.4 is 11.1 Å². The lowest BCUT2D eigenvalue weighted by Gasteiger charge is -2.12. The van der Waals surface area contributed by atoms with Gasteiger partial charge in [0, 0.05) is 12.6 Å². The van der Waals surface area contributed by atoms with Crippen LogP contribution in [0.25, 0.3) is 0 Å². The maximum Gasteiger partial charge on any atom is 0.293 e. The molecular formula is C13H14N4O2. The van der Waals surface area contributed by atoms with E-state index in [9.17, 15) is 4.79 Å². The predicted molar refractivity (Wildman–Crippen MR) is 68.4 cm³/mol. The van der Waals surface area contributed by atoms with Gasteiger partial charge < -0.3 is 15.6 Å². The molecule has 3 rings (SSSR count). The Morgan fingerprint density at radius 2 is 2.37 bits per heavy atom. The number of nitrogens with zero attached hydrogens (tertiary/aromatic N) is 2. The normalized spacial score (nSPS) is 17.2. The van der Waals surface area contributed by atoms with Crippen molar-refractivity contribution in [3.63, 3.8) is 0 Å². The number of aryl methyl sites for hydroxylation is 2. The van der Waals surface area contributed by atoms with E-state index in [1.54, 1.807) is 6.92 Å². The Hall–Kier alpha value is -2.37. The largest absolute Gasteiger partial charge is 0.399 e. The van der Waals surface area contributed by atoms with Crippen molar-refractivity contribution in [2.24, 2.45) is 0 Å². The first kappa shape index (κ1) is 11.7. The van der Waals surface area contributed by atoms with Gasteiger partial charge in [-0.1, -0.05) is 11.2 Å². The highest BCUT2D eigenvalue weighted by atomic mass is 16.5. The van der Waals surface area contributed by atoms with Crippen molar-refractivity contribution >= 4 is 11.6 Å². The number of amides is 1. The van der Waals surface area contributed by atoms with Crippen molar-refractivity contribution in [3.05, 3.63) is 41.0 Å². The molecule has 1 aliphatic carbocycles. The van der Waals surface area contributed by atoms with Crippen LogP contribution in [0.4, 0.5) is 5.69 Å². The first-order chi connectivity index (χ1) is 9.13. The maximum absolute atomic E-state index is 12.0. The summed E-state index contributed by atoms with van der Waals surface area (Å²) in [5.41, 5.74) is 8.80. The molecule has 1 unspecified atom stereocenters. The summed E-state index contributed by atoms with van der Waals surface area (Å²) in [4.78, 5) is 15.9. The molecule has 6 heteroatoms. The minimum Gasteiger partial charge on any atom is -0.399 e. The van der Waals surface area contributed by atoms with Gasteiger partial charge in [-0.2, -0.15) is 4.98 Å². The van der Waals surface area contributed by atoms with Crippen LogP contribution in [0.1, 0.15) is 40.1 Å². The molecule has 98 valence electrons. The molecule has 0 saturated carbocycles. The third-order valence-electron chi connectivity index (χ3n) is 3.28. The Morgan fingerprint density at radius 3 is 3.11 bits per heavy atom. The molecule has 1 aliphatic rings. The zero-order valence-corrected chi connectivity index (χ0v) is 10.5. The lowest BCUT2D eigenvalue weighted by molar-refractivity contribution is 0.0923. The number of carbonyl (C=O) groups is 1. The van der Waals surface area contributed by atoms with Gasteiger partial charge in [0.1, 0.15) is 0 Å². The molecule has 0 aliphatic heterocycles.